The normalized spacial score (nSPS) is 5.27. The largest absolute Gasteiger partial charge is 0.394 e. The molecule has 4 nitrogen and oxygen atoms in total. The van der Waals surface area contributed by atoms with E-state index in [9.17, 15) is 0 Å². The van der Waals surface area contributed by atoms with Crippen LogP contribution in [0.1, 0.15) is 0 Å². The highest BCUT2D eigenvalue weighted by atomic mass is 32.3. The van der Waals surface area contributed by atoms with E-state index in [1.54, 1.807) is 0 Å². The zero-order valence-corrected chi connectivity index (χ0v) is 2.94. The van der Waals surface area contributed by atoms with E-state index in [4.69, 9.17) is 17.5 Å². The fraction of sp³-hybridized carbons (Fsp3) is 0. The van der Waals surface area contributed by atoms with Gasteiger partial charge >= 0.3 is 10.4 Å². The van der Waals surface area contributed by atoms with Gasteiger partial charge in [-0.1, -0.05) is 0 Å². The molecule has 11 heteroatoms. The monoisotopic (exact) mass is 278 g/mol. The maximum Gasteiger partial charge on any atom is 0.394 e. The van der Waals surface area contributed by atoms with Crippen molar-refractivity contribution in [3.05, 3.63) is 0 Å². The van der Waals surface area contributed by atoms with Crippen molar-refractivity contribution >= 4 is 115 Å². The Hall–Kier alpha value is 3.06. The molecule has 0 rings (SSSR count). The SMILES string of the molecule is O=S(=O)(O)O.[AlH3].[AlH3].[AlH3].[AlH3].[AlH3].[AlH3]. The Bertz CT molecular complexity index is 97.8. The van der Waals surface area contributed by atoms with Crippen molar-refractivity contribution in [2.45, 2.75) is 0 Å². The van der Waals surface area contributed by atoms with Gasteiger partial charge in [-0.2, -0.15) is 8.42 Å². The first kappa shape index (κ1) is 48.1. The molecule has 0 fully saturated rings. The molecule has 0 aliphatic heterocycles. The van der Waals surface area contributed by atoms with Crippen LogP contribution in [0.25, 0.3) is 0 Å². The lowest BCUT2D eigenvalue weighted by molar-refractivity contribution is 0.381. The summed E-state index contributed by atoms with van der Waals surface area (Å²) in [4.78, 5) is 0. The molecule has 0 spiro atoms. The van der Waals surface area contributed by atoms with Gasteiger partial charge in [0.2, 0.25) is 0 Å². The minimum absolute atomic E-state index is 0. The Morgan fingerprint density at radius 2 is 0.636 bits per heavy atom. The molecule has 0 aliphatic rings. The Morgan fingerprint density at radius 3 is 0.636 bits per heavy atom. The van der Waals surface area contributed by atoms with Gasteiger partial charge in [-0.3, -0.25) is 9.11 Å². The van der Waals surface area contributed by atoms with E-state index in [2.05, 4.69) is 0 Å². The van der Waals surface area contributed by atoms with E-state index in [1.165, 1.54) is 0 Å². The third kappa shape index (κ3) is 170. The summed E-state index contributed by atoms with van der Waals surface area (Å²) in [6, 6.07) is 0. The van der Waals surface area contributed by atoms with Crippen LogP contribution in [0, 0.1) is 0 Å². The standard InChI is InChI=1S/6Al.H2O4S.18H/c;;;;;;1-5(2,3)4;;;;;;;;;;;;;;;;;;/h;;;;;;(H2,1,2,3,4);;;;;;;;;;;;;;;;;;. The second-order valence-electron chi connectivity index (χ2n) is 0.448. The van der Waals surface area contributed by atoms with E-state index >= 15 is 0 Å². The van der Waals surface area contributed by atoms with Gasteiger partial charge in [-0.15, -0.1) is 0 Å². The average Bonchev–Trinajstić information content (AvgIpc) is 0.722. The molecule has 0 saturated carbocycles. The Balaban J connectivity index is -0.00000000533. The Morgan fingerprint density at radius 1 is 0.636 bits per heavy atom. The van der Waals surface area contributed by atoms with Crippen molar-refractivity contribution < 1.29 is 17.5 Å². The average molecular weight is 278 g/mol. The van der Waals surface area contributed by atoms with Crippen LogP contribution in [-0.2, 0) is 10.4 Å². The number of rotatable bonds is 0. The van der Waals surface area contributed by atoms with E-state index in [1.807, 2.05) is 0 Å². The second kappa shape index (κ2) is 23.1. The molecule has 0 atom stereocenters. The first-order valence-electron chi connectivity index (χ1n) is 0.698. The summed E-state index contributed by atoms with van der Waals surface area (Å²) >= 11 is 0. The van der Waals surface area contributed by atoms with E-state index in [0.29, 0.717) is 0 Å². The molecule has 0 aromatic heterocycles. The summed E-state index contributed by atoms with van der Waals surface area (Å²) in [6.45, 7) is 0. The molecule has 0 radical (unpaired) electrons. The summed E-state index contributed by atoms with van der Waals surface area (Å²) in [7, 11) is -4.67. The van der Waals surface area contributed by atoms with Crippen LogP contribution in [0.2, 0.25) is 0 Å². The topological polar surface area (TPSA) is 74.6 Å². The van der Waals surface area contributed by atoms with Crippen LogP contribution in [-0.4, -0.2) is 122 Å². The van der Waals surface area contributed by atoms with Gasteiger partial charge in [0.05, 0.1) is 0 Å². The van der Waals surface area contributed by atoms with Crippen molar-refractivity contribution in [3.8, 4) is 0 Å². The molecule has 0 amide bonds. The van der Waals surface area contributed by atoms with Gasteiger partial charge in [0, 0.05) is 0 Å². The minimum atomic E-state index is -4.67. The number of hydrogen-bond donors (Lipinski definition) is 2. The summed E-state index contributed by atoms with van der Waals surface area (Å²) in [5.74, 6) is 0. The molecule has 11 heavy (non-hydrogen) atoms. The first-order valence-corrected chi connectivity index (χ1v) is 2.10. The molecule has 68 valence electrons. The lowest BCUT2D eigenvalue weighted by atomic mass is 15.8. The summed E-state index contributed by atoms with van der Waals surface area (Å²) < 4.78 is 31.6. The molecule has 2 N–H and O–H groups in total. The molecule has 0 heterocycles. The Labute approximate surface area is 130 Å². The quantitative estimate of drug-likeness (QED) is 0.341. The maximum absolute atomic E-state index is 8.74. The van der Waals surface area contributed by atoms with E-state index in [-0.39, 0.29) is 104 Å². The zero-order chi connectivity index (χ0) is 4.50. The van der Waals surface area contributed by atoms with Crippen LogP contribution in [0.15, 0.2) is 0 Å². The fourth-order valence-corrected chi connectivity index (χ4v) is 0. The third-order valence-corrected chi connectivity index (χ3v) is 0. The first-order chi connectivity index (χ1) is 2.00. The van der Waals surface area contributed by atoms with Crippen LogP contribution >= 0.6 is 0 Å². The van der Waals surface area contributed by atoms with Gasteiger partial charge in [0.15, 0.2) is 104 Å². The predicted molar refractivity (Wildman–Crippen MR) is 73.8 cm³/mol. The van der Waals surface area contributed by atoms with Gasteiger partial charge < -0.3 is 0 Å². The van der Waals surface area contributed by atoms with Crippen LogP contribution in [0.3, 0.4) is 0 Å². The highest BCUT2D eigenvalue weighted by Crippen LogP contribution is 1.59. The zero-order valence-electron chi connectivity index (χ0n) is 2.12. The minimum Gasteiger partial charge on any atom is -0.264 e. The van der Waals surface area contributed by atoms with Crippen molar-refractivity contribution in [1.29, 1.82) is 0 Å². The van der Waals surface area contributed by atoms with Crippen LogP contribution < -0.4 is 0 Å². The molecule has 0 aromatic carbocycles. The van der Waals surface area contributed by atoms with Crippen LogP contribution in [0.5, 0.6) is 0 Å². The lowest BCUT2D eigenvalue weighted by Crippen LogP contribution is -1.89. The van der Waals surface area contributed by atoms with Gasteiger partial charge in [-0.25, -0.2) is 0 Å². The van der Waals surface area contributed by atoms with Gasteiger partial charge in [-0.05, 0) is 0 Å². The fourth-order valence-electron chi connectivity index (χ4n) is 0. The van der Waals surface area contributed by atoms with E-state index in [0.717, 1.165) is 0 Å². The van der Waals surface area contributed by atoms with Crippen LogP contribution in [0.4, 0.5) is 0 Å². The molecule has 0 aliphatic carbocycles. The molecule has 0 saturated heterocycles. The van der Waals surface area contributed by atoms with Gasteiger partial charge in [0.1, 0.15) is 0 Å². The van der Waals surface area contributed by atoms with Crippen molar-refractivity contribution in [3.63, 3.8) is 0 Å². The summed E-state index contributed by atoms with van der Waals surface area (Å²) in [5.41, 5.74) is 0. The van der Waals surface area contributed by atoms with Crippen molar-refractivity contribution in [2.24, 2.45) is 0 Å². The maximum atomic E-state index is 8.74. The van der Waals surface area contributed by atoms with E-state index < -0.39 is 10.4 Å². The lowest BCUT2D eigenvalue weighted by Gasteiger charge is -1.68. The van der Waals surface area contributed by atoms with Crippen molar-refractivity contribution in [1.82, 2.24) is 0 Å². The third-order valence-electron chi connectivity index (χ3n) is 0. The smallest absolute Gasteiger partial charge is 0.264 e. The highest BCUT2D eigenvalue weighted by molar-refractivity contribution is 7.79. The Kier molecular flexibility index (Phi) is 101. The summed E-state index contributed by atoms with van der Waals surface area (Å²) in [6.07, 6.45) is 0. The summed E-state index contributed by atoms with van der Waals surface area (Å²) in [5, 5.41) is 0. The van der Waals surface area contributed by atoms with Crippen molar-refractivity contribution in [2.75, 3.05) is 0 Å². The molecule has 0 aromatic rings. The molecule has 0 unspecified atom stereocenters. The predicted octanol–water partition coefficient (Wildman–Crippen LogP) is -7.76. The highest BCUT2D eigenvalue weighted by Gasteiger charge is 1.84. The van der Waals surface area contributed by atoms with Gasteiger partial charge in [0.25, 0.3) is 0 Å². The number of hydrogen-bond acceptors (Lipinski definition) is 2. The molecular weight excluding hydrogens is 258 g/mol. The molecule has 0 bridgehead atoms. The second-order valence-corrected chi connectivity index (χ2v) is 1.34. The molecular formula is H20Al6O4S.